The van der Waals surface area contributed by atoms with Gasteiger partial charge in [-0.25, -0.2) is 9.97 Å². The molecule has 8 nitrogen and oxygen atoms in total. The van der Waals surface area contributed by atoms with Gasteiger partial charge in [0.15, 0.2) is 0 Å². The predicted octanol–water partition coefficient (Wildman–Crippen LogP) is 2.18. The molecular formula is C22H32N6O2. The molecule has 1 aliphatic heterocycles. The fourth-order valence-corrected chi connectivity index (χ4v) is 4.63. The fraction of sp³-hybridized carbons (Fsp3) is 0.636. The molecule has 8 heteroatoms. The van der Waals surface area contributed by atoms with Gasteiger partial charge in [0.2, 0.25) is 0 Å². The Bertz CT molecular complexity index is 823. The van der Waals surface area contributed by atoms with Crippen LogP contribution in [0.25, 0.3) is 11.3 Å². The Morgan fingerprint density at radius 3 is 2.70 bits per heavy atom. The van der Waals surface area contributed by atoms with Gasteiger partial charge >= 0.3 is 0 Å². The number of rotatable bonds is 6. The summed E-state index contributed by atoms with van der Waals surface area (Å²) in [5.41, 5.74) is 0.648. The van der Waals surface area contributed by atoms with E-state index in [0.29, 0.717) is 18.9 Å². The lowest BCUT2D eigenvalue weighted by Gasteiger charge is -2.38. The smallest absolute Gasteiger partial charge is 0.252 e. The highest BCUT2D eigenvalue weighted by molar-refractivity contribution is 5.85. The second kappa shape index (κ2) is 9.22. The maximum absolute atomic E-state index is 12.8. The van der Waals surface area contributed by atoms with Crippen LogP contribution in [0.2, 0.25) is 0 Å². The quantitative estimate of drug-likeness (QED) is 0.755. The van der Waals surface area contributed by atoms with E-state index in [9.17, 15) is 9.90 Å². The fourth-order valence-electron chi connectivity index (χ4n) is 4.63. The summed E-state index contributed by atoms with van der Waals surface area (Å²) in [7, 11) is 0. The van der Waals surface area contributed by atoms with Crippen LogP contribution in [0.1, 0.15) is 57.9 Å². The summed E-state index contributed by atoms with van der Waals surface area (Å²) in [4.78, 5) is 23.3. The first-order chi connectivity index (χ1) is 14.6. The lowest BCUT2D eigenvalue weighted by Crippen LogP contribution is -2.56. The van der Waals surface area contributed by atoms with Crippen molar-refractivity contribution in [2.45, 2.75) is 69.6 Å². The van der Waals surface area contributed by atoms with Crippen LogP contribution in [0.3, 0.4) is 0 Å². The second-order valence-corrected chi connectivity index (χ2v) is 8.66. The third-order valence-electron chi connectivity index (χ3n) is 6.53. The van der Waals surface area contributed by atoms with Gasteiger partial charge in [-0.15, -0.1) is 0 Å². The molecule has 30 heavy (non-hydrogen) atoms. The first kappa shape index (κ1) is 20.9. The predicted molar refractivity (Wildman–Crippen MR) is 114 cm³/mol. The molecule has 2 aromatic heterocycles. The van der Waals surface area contributed by atoms with Crippen LogP contribution in [0.4, 0.5) is 0 Å². The van der Waals surface area contributed by atoms with E-state index in [0.717, 1.165) is 63.0 Å². The molecule has 2 aromatic rings. The van der Waals surface area contributed by atoms with Crippen LogP contribution in [-0.2, 0) is 4.79 Å². The van der Waals surface area contributed by atoms with Crippen molar-refractivity contribution >= 4 is 5.91 Å². The van der Waals surface area contributed by atoms with E-state index in [4.69, 9.17) is 0 Å². The minimum absolute atomic E-state index is 0.128. The maximum atomic E-state index is 12.8. The van der Waals surface area contributed by atoms with Gasteiger partial charge in [-0.2, -0.15) is 5.10 Å². The number of amides is 1. The second-order valence-electron chi connectivity index (χ2n) is 8.66. The topological polar surface area (TPSA) is 96.2 Å². The molecule has 1 aliphatic carbocycles. The average molecular weight is 413 g/mol. The largest absolute Gasteiger partial charge is 0.380 e. The zero-order valence-corrected chi connectivity index (χ0v) is 17.7. The van der Waals surface area contributed by atoms with Gasteiger partial charge < -0.3 is 15.3 Å². The molecule has 2 N–H and O–H groups in total. The van der Waals surface area contributed by atoms with Gasteiger partial charge in [-0.05, 0) is 57.6 Å². The summed E-state index contributed by atoms with van der Waals surface area (Å²) in [6.45, 7) is 4.77. The van der Waals surface area contributed by atoms with Gasteiger partial charge in [0.1, 0.15) is 11.9 Å². The lowest BCUT2D eigenvalue weighted by atomic mass is 9.87. The van der Waals surface area contributed by atoms with E-state index >= 15 is 0 Å². The molecular weight excluding hydrogens is 380 g/mol. The van der Waals surface area contributed by atoms with E-state index in [-0.39, 0.29) is 11.9 Å². The monoisotopic (exact) mass is 412 g/mol. The molecule has 0 unspecified atom stereocenters. The zero-order chi connectivity index (χ0) is 21.0. The maximum Gasteiger partial charge on any atom is 0.252 e. The van der Waals surface area contributed by atoms with Crippen LogP contribution in [-0.4, -0.2) is 66.9 Å². The summed E-state index contributed by atoms with van der Waals surface area (Å²) >= 11 is 0. The number of hydrogen-bond donors (Lipinski definition) is 2. The molecule has 2 aliphatic rings. The van der Waals surface area contributed by atoms with Crippen molar-refractivity contribution in [2.24, 2.45) is 0 Å². The van der Waals surface area contributed by atoms with Crippen molar-refractivity contribution in [3.63, 3.8) is 0 Å². The minimum atomic E-state index is -1.21. The molecule has 2 fully saturated rings. The lowest BCUT2D eigenvalue weighted by molar-refractivity contribution is -0.145. The number of aromatic nitrogens is 4. The molecule has 4 rings (SSSR count). The van der Waals surface area contributed by atoms with Crippen molar-refractivity contribution in [1.82, 2.24) is 30.0 Å². The van der Waals surface area contributed by atoms with Crippen molar-refractivity contribution in [1.29, 1.82) is 0 Å². The molecule has 0 aromatic carbocycles. The molecule has 1 saturated heterocycles. The number of carbonyl (C=O) groups excluding carboxylic acids is 1. The molecule has 0 bridgehead atoms. The zero-order valence-electron chi connectivity index (χ0n) is 17.7. The normalized spacial score (nSPS) is 24.5. The van der Waals surface area contributed by atoms with Crippen molar-refractivity contribution in [3.8, 4) is 11.3 Å². The molecule has 1 saturated carbocycles. The summed E-state index contributed by atoms with van der Waals surface area (Å²) in [5, 5.41) is 18.5. The summed E-state index contributed by atoms with van der Waals surface area (Å²) < 4.78 is 2.02. The minimum Gasteiger partial charge on any atom is -0.380 e. The van der Waals surface area contributed by atoms with Gasteiger partial charge in [-0.3, -0.25) is 9.48 Å². The summed E-state index contributed by atoms with van der Waals surface area (Å²) in [5.74, 6) is -0.188. The van der Waals surface area contributed by atoms with Gasteiger partial charge in [-0.1, -0.05) is 6.92 Å². The first-order valence-corrected chi connectivity index (χ1v) is 11.1. The standard InChI is InChI=1S/C22H32N6O2/c1-2-11-27-12-8-22(30,9-13-27)21(29)26-18-3-5-19(6-4-18)28-15-17(14-25-28)20-7-10-23-16-24-20/h7,10,14-16,18-19,30H,2-6,8-9,11-13H2,1H3,(H,26,29). The average Bonchev–Trinajstić information content (AvgIpc) is 3.27. The molecule has 0 radical (unpaired) electrons. The Hall–Kier alpha value is -2.32. The number of hydrogen-bond acceptors (Lipinski definition) is 6. The van der Waals surface area contributed by atoms with Crippen LogP contribution < -0.4 is 5.32 Å². The highest BCUT2D eigenvalue weighted by Gasteiger charge is 2.40. The Kier molecular flexibility index (Phi) is 6.43. The van der Waals surface area contributed by atoms with Gasteiger partial charge in [0, 0.05) is 37.1 Å². The van der Waals surface area contributed by atoms with E-state index in [1.807, 2.05) is 23.1 Å². The Labute approximate surface area is 177 Å². The van der Waals surface area contributed by atoms with Crippen LogP contribution in [0.15, 0.2) is 31.0 Å². The molecule has 162 valence electrons. The van der Waals surface area contributed by atoms with E-state index in [1.54, 1.807) is 12.5 Å². The summed E-state index contributed by atoms with van der Waals surface area (Å²) in [6.07, 6.45) is 13.0. The van der Waals surface area contributed by atoms with E-state index in [1.165, 1.54) is 0 Å². The number of aliphatic hydroxyl groups is 1. The molecule has 3 heterocycles. The van der Waals surface area contributed by atoms with Crippen LogP contribution in [0, 0.1) is 0 Å². The number of likely N-dealkylation sites (tertiary alicyclic amines) is 1. The van der Waals surface area contributed by atoms with E-state index in [2.05, 4.69) is 32.2 Å². The van der Waals surface area contributed by atoms with Gasteiger partial charge in [0.25, 0.3) is 5.91 Å². The SMILES string of the molecule is CCCN1CCC(O)(C(=O)NC2CCC(n3cc(-c4ccncn4)cn3)CC2)CC1. The van der Waals surface area contributed by atoms with Crippen molar-refractivity contribution < 1.29 is 9.90 Å². The molecule has 0 spiro atoms. The Morgan fingerprint density at radius 1 is 1.27 bits per heavy atom. The Morgan fingerprint density at radius 2 is 2.03 bits per heavy atom. The first-order valence-electron chi connectivity index (χ1n) is 11.1. The third-order valence-corrected chi connectivity index (χ3v) is 6.53. The Balaban J connectivity index is 1.27. The number of nitrogens with one attached hydrogen (secondary N) is 1. The number of piperidine rings is 1. The van der Waals surface area contributed by atoms with Crippen LogP contribution in [0.5, 0.6) is 0 Å². The molecule has 0 atom stereocenters. The highest BCUT2D eigenvalue weighted by atomic mass is 16.3. The van der Waals surface area contributed by atoms with Gasteiger partial charge in [0.05, 0.1) is 17.9 Å². The van der Waals surface area contributed by atoms with Crippen molar-refractivity contribution in [3.05, 3.63) is 31.0 Å². The third kappa shape index (κ3) is 4.70. The van der Waals surface area contributed by atoms with Crippen LogP contribution >= 0.6 is 0 Å². The number of carbonyl (C=O) groups is 1. The summed E-state index contributed by atoms with van der Waals surface area (Å²) in [6, 6.07) is 2.34. The highest BCUT2D eigenvalue weighted by Crippen LogP contribution is 2.30. The van der Waals surface area contributed by atoms with E-state index < -0.39 is 5.60 Å². The van der Waals surface area contributed by atoms with Crippen molar-refractivity contribution in [2.75, 3.05) is 19.6 Å². The number of nitrogens with zero attached hydrogens (tertiary/aromatic N) is 5. The molecule has 1 amide bonds.